The highest BCUT2D eigenvalue weighted by molar-refractivity contribution is 5.91. The van der Waals surface area contributed by atoms with Crippen molar-refractivity contribution in [3.63, 3.8) is 0 Å². The van der Waals surface area contributed by atoms with Crippen molar-refractivity contribution in [3.05, 3.63) is 35.2 Å². The fourth-order valence-corrected chi connectivity index (χ4v) is 3.73. The van der Waals surface area contributed by atoms with E-state index >= 15 is 0 Å². The Labute approximate surface area is 146 Å². The van der Waals surface area contributed by atoms with Gasteiger partial charge in [0.2, 0.25) is 5.76 Å². The number of aromatic nitrogens is 3. The van der Waals surface area contributed by atoms with E-state index < -0.39 is 0 Å². The summed E-state index contributed by atoms with van der Waals surface area (Å²) in [6.07, 6.45) is 7.57. The van der Waals surface area contributed by atoms with E-state index in [2.05, 4.69) is 15.1 Å². The number of carbonyl (C=O) groups is 1. The second kappa shape index (κ2) is 7.00. The van der Waals surface area contributed by atoms with Crippen LogP contribution in [0.15, 0.2) is 16.8 Å². The molecule has 1 aliphatic heterocycles. The average molecular weight is 344 g/mol. The third kappa shape index (κ3) is 3.46. The molecule has 1 atom stereocenters. The molecule has 25 heavy (non-hydrogen) atoms. The number of carbonyl (C=O) groups excluding carboxylic acids is 1. The zero-order chi connectivity index (χ0) is 17.2. The van der Waals surface area contributed by atoms with Gasteiger partial charge in [-0.1, -0.05) is 24.4 Å². The molecule has 0 radical (unpaired) electrons. The van der Waals surface area contributed by atoms with Crippen molar-refractivity contribution < 1.29 is 14.1 Å². The standard InChI is InChI=1S/C18H24N4O3/c1-12-10-19-17(20-12)16-11-22(7-8-24-16)18(23)15-9-14(21-25-15)13-5-3-2-4-6-13/h9-10,13,16H,2-8,11H2,1H3,(H,19,20). The SMILES string of the molecule is Cc1cnc(C2CN(C(=O)c3cc(C4CCCCC4)no3)CCO2)[nH]1. The van der Waals surface area contributed by atoms with Crippen LogP contribution in [0.2, 0.25) is 0 Å². The maximum absolute atomic E-state index is 12.8. The summed E-state index contributed by atoms with van der Waals surface area (Å²) in [7, 11) is 0. The molecule has 1 saturated heterocycles. The van der Waals surface area contributed by atoms with Crippen molar-refractivity contribution in [3.8, 4) is 0 Å². The van der Waals surface area contributed by atoms with Gasteiger partial charge in [0.25, 0.3) is 5.91 Å². The molecule has 1 aliphatic carbocycles. The van der Waals surface area contributed by atoms with Crippen LogP contribution in [-0.2, 0) is 4.74 Å². The maximum Gasteiger partial charge on any atom is 0.292 e. The zero-order valence-corrected chi connectivity index (χ0v) is 14.5. The summed E-state index contributed by atoms with van der Waals surface area (Å²) >= 11 is 0. The number of nitrogens with zero attached hydrogens (tertiary/aromatic N) is 3. The van der Waals surface area contributed by atoms with Crippen molar-refractivity contribution >= 4 is 5.91 Å². The Balaban J connectivity index is 1.44. The predicted molar refractivity (Wildman–Crippen MR) is 90.3 cm³/mol. The van der Waals surface area contributed by atoms with Crippen LogP contribution in [0.5, 0.6) is 0 Å². The number of nitrogens with one attached hydrogen (secondary N) is 1. The summed E-state index contributed by atoms with van der Waals surface area (Å²) in [5, 5.41) is 4.16. The highest BCUT2D eigenvalue weighted by Gasteiger charge is 2.30. The molecular weight excluding hydrogens is 320 g/mol. The largest absolute Gasteiger partial charge is 0.367 e. The number of hydrogen-bond donors (Lipinski definition) is 1. The molecule has 1 saturated carbocycles. The van der Waals surface area contributed by atoms with E-state index in [-0.39, 0.29) is 12.0 Å². The highest BCUT2D eigenvalue weighted by Crippen LogP contribution is 2.32. The van der Waals surface area contributed by atoms with Crippen molar-refractivity contribution in [2.75, 3.05) is 19.7 Å². The molecule has 1 unspecified atom stereocenters. The van der Waals surface area contributed by atoms with Crippen molar-refractivity contribution in [1.29, 1.82) is 0 Å². The van der Waals surface area contributed by atoms with Gasteiger partial charge in [-0.2, -0.15) is 0 Å². The van der Waals surface area contributed by atoms with Crippen LogP contribution >= 0.6 is 0 Å². The Morgan fingerprint density at radius 1 is 1.32 bits per heavy atom. The second-order valence-corrected chi connectivity index (χ2v) is 7.01. The van der Waals surface area contributed by atoms with E-state index in [0.29, 0.717) is 31.4 Å². The molecule has 7 nitrogen and oxygen atoms in total. The monoisotopic (exact) mass is 344 g/mol. The summed E-state index contributed by atoms with van der Waals surface area (Å²) in [6, 6.07) is 1.83. The molecule has 2 aromatic rings. The number of hydrogen-bond acceptors (Lipinski definition) is 5. The minimum Gasteiger partial charge on any atom is -0.367 e. The van der Waals surface area contributed by atoms with Gasteiger partial charge in [-0.15, -0.1) is 0 Å². The molecule has 4 rings (SSSR count). The van der Waals surface area contributed by atoms with E-state index in [1.54, 1.807) is 11.1 Å². The number of morpholine rings is 1. The summed E-state index contributed by atoms with van der Waals surface area (Å²) < 4.78 is 11.1. The van der Waals surface area contributed by atoms with Gasteiger partial charge in [-0.05, 0) is 19.8 Å². The number of aromatic amines is 1. The zero-order valence-electron chi connectivity index (χ0n) is 14.5. The number of aryl methyl sites for hydroxylation is 1. The molecule has 7 heteroatoms. The van der Waals surface area contributed by atoms with E-state index in [9.17, 15) is 4.79 Å². The predicted octanol–water partition coefficient (Wildman–Crippen LogP) is 2.97. The van der Waals surface area contributed by atoms with Gasteiger partial charge in [0, 0.05) is 30.4 Å². The first kappa shape index (κ1) is 16.3. The van der Waals surface area contributed by atoms with Crippen molar-refractivity contribution in [2.24, 2.45) is 0 Å². The first-order chi connectivity index (χ1) is 12.2. The van der Waals surface area contributed by atoms with E-state index in [0.717, 1.165) is 30.1 Å². The minimum absolute atomic E-state index is 0.119. The van der Waals surface area contributed by atoms with Gasteiger partial charge in [-0.25, -0.2) is 4.98 Å². The number of H-pyrrole nitrogens is 1. The summed E-state index contributed by atoms with van der Waals surface area (Å²) in [5.74, 6) is 1.40. The quantitative estimate of drug-likeness (QED) is 0.925. The third-order valence-electron chi connectivity index (χ3n) is 5.14. The van der Waals surface area contributed by atoms with Crippen molar-refractivity contribution in [1.82, 2.24) is 20.0 Å². The van der Waals surface area contributed by atoms with Crippen LogP contribution in [0.1, 0.15) is 71.9 Å². The molecule has 2 aromatic heterocycles. The Morgan fingerprint density at radius 3 is 2.92 bits per heavy atom. The van der Waals surface area contributed by atoms with Crippen LogP contribution in [0.3, 0.4) is 0 Å². The van der Waals surface area contributed by atoms with Crippen LogP contribution < -0.4 is 0 Å². The number of imidazole rings is 1. The number of ether oxygens (including phenoxy) is 1. The lowest BCUT2D eigenvalue weighted by molar-refractivity contribution is -0.0276. The summed E-state index contributed by atoms with van der Waals surface area (Å²) in [6.45, 7) is 3.45. The molecule has 0 bridgehead atoms. The fourth-order valence-electron chi connectivity index (χ4n) is 3.73. The molecule has 1 N–H and O–H groups in total. The van der Waals surface area contributed by atoms with E-state index in [1.165, 1.54) is 19.3 Å². The first-order valence-electron chi connectivity index (χ1n) is 9.09. The molecule has 0 aromatic carbocycles. The Morgan fingerprint density at radius 2 is 2.16 bits per heavy atom. The third-order valence-corrected chi connectivity index (χ3v) is 5.14. The molecule has 1 amide bonds. The van der Waals surface area contributed by atoms with Crippen molar-refractivity contribution in [2.45, 2.75) is 51.0 Å². The summed E-state index contributed by atoms with van der Waals surface area (Å²) in [4.78, 5) is 22.0. The maximum atomic E-state index is 12.8. The Kier molecular flexibility index (Phi) is 4.57. The van der Waals surface area contributed by atoms with Gasteiger partial charge < -0.3 is 19.1 Å². The van der Waals surface area contributed by atoms with Gasteiger partial charge in [0.1, 0.15) is 11.9 Å². The second-order valence-electron chi connectivity index (χ2n) is 7.01. The number of rotatable bonds is 3. The lowest BCUT2D eigenvalue weighted by Crippen LogP contribution is -2.42. The van der Waals surface area contributed by atoms with Gasteiger partial charge >= 0.3 is 0 Å². The Hall–Kier alpha value is -2.15. The van der Waals surface area contributed by atoms with Gasteiger partial charge in [0.15, 0.2) is 0 Å². The van der Waals surface area contributed by atoms with Crippen LogP contribution in [0.4, 0.5) is 0 Å². The molecule has 2 fully saturated rings. The Bertz CT molecular complexity index is 732. The molecule has 3 heterocycles. The topological polar surface area (TPSA) is 84.2 Å². The number of amides is 1. The fraction of sp³-hybridized carbons (Fsp3) is 0.611. The van der Waals surface area contributed by atoms with Gasteiger partial charge in [0.05, 0.1) is 18.8 Å². The molecule has 0 spiro atoms. The highest BCUT2D eigenvalue weighted by atomic mass is 16.5. The molecule has 2 aliphatic rings. The van der Waals surface area contributed by atoms with Crippen LogP contribution in [-0.4, -0.2) is 45.6 Å². The first-order valence-corrected chi connectivity index (χ1v) is 9.09. The minimum atomic E-state index is -0.230. The average Bonchev–Trinajstić information content (AvgIpc) is 3.31. The van der Waals surface area contributed by atoms with Crippen LogP contribution in [0, 0.1) is 6.92 Å². The molecule has 134 valence electrons. The smallest absolute Gasteiger partial charge is 0.292 e. The van der Waals surface area contributed by atoms with Gasteiger partial charge in [-0.3, -0.25) is 4.79 Å². The molecular formula is C18H24N4O3. The lowest BCUT2D eigenvalue weighted by atomic mass is 9.87. The summed E-state index contributed by atoms with van der Waals surface area (Å²) in [5.41, 5.74) is 1.91. The lowest BCUT2D eigenvalue weighted by Gasteiger charge is -2.31. The van der Waals surface area contributed by atoms with E-state index in [4.69, 9.17) is 9.26 Å². The normalized spacial score (nSPS) is 22.3. The van der Waals surface area contributed by atoms with Crippen LogP contribution in [0.25, 0.3) is 0 Å². The van der Waals surface area contributed by atoms with E-state index in [1.807, 2.05) is 13.0 Å².